The van der Waals surface area contributed by atoms with E-state index in [0.717, 1.165) is 30.5 Å². The van der Waals surface area contributed by atoms with Crippen LogP contribution in [-0.2, 0) is 6.54 Å². The lowest BCUT2D eigenvalue weighted by molar-refractivity contribution is 0.391. The lowest BCUT2D eigenvalue weighted by Gasteiger charge is -2.16. The first kappa shape index (κ1) is 18.0. The molecule has 0 aliphatic heterocycles. The molecule has 0 fully saturated rings. The number of hydrogen-bond acceptors (Lipinski definition) is 3. The highest BCUT2D eigenvalue weighted by Crippen LogP contribution is 2.22. The average molecular weight is 328 g/mol. The summed E-state index contributed by atoms with van der Waals surface area (Å²) in [5.41, 5.74) is 4.61. The number of nitrogens with one attached hydrogen (secondary N) is 2. The maximum absolute atomic E-state index is 5.26. The average Bonchev–Trinajstić information content (AvgIpc) is 2.90. The SMILES string of the molecule is CCNC(=NCc1ccc(C)cc1)NCC(C)c1c(C)noc1C. The zero-order valence-electron chi connectivity index (χ0n) is 15.3. The van der Waals surface area contributed by atoms with E-state index in [-0.39, 0.29) is 0 Å². The van der Waals surface area contributed by atoms with E-state index in [0.29, 0.717) is 12.5 Å². The Morgan fingerprint density at radius 2 is 1.88 bits per heavy atom. The van der Waals surface area contributed by atoms with E-state index < -0.39 is 0 Å². The van der Waals surface area contributed by atoms with Crippen molar-refractivity contribution >= 4 is 5.96 Å². The Bertz CT molecular complexity index is 654. The van der Waals surface area contributed by atoms with Crippen LogP contribution in [0.3, 0.4) is 0 Å². The fourth-order valence-corrected chi connectivity index (χ4v) is 2.75. The molecule has 0 aliphatic carbocycles. The Morgan fingerprint density at radius 1 is 1.17 bits per heavy atom. The van der Waals surface area contributed by atoms with Crippen LogP contribution >= 0.6 is 0 Å². The Kier molecular flexibility index (Phi) is 6.41. The highest BCUT2D eigenvalue weighted by molar-refractivity contribution is 5.79. The van der Waals surface area contributed by atoms with Gasteiger partial charge in [0, 0.05) is 24.6 Å². The zero-order valence-corrected chi connectivity index (χ0v) is 15.3. The van der Waals surface area contributed by atoms with Crippen molar-refractivity contribution in [3.8, 4) is 0 Å². The maximum atomic E-state index is 5.26. The van der Waals surface area contributed by atoms with Crippen molar-refractivity contribution in [3.63, 3.8) is 0 Å². The Balaban J connectivity index is 1.97. The van der Waals surface area contributed by atoms with Crippen LogP contribution in [-0.4, -0.2) is 24.2 Å². The number of rotatable bonds is 6. The first-order chi connectivity index (χ1) is 11.5. The molecule has 1 aromatic heterocycles. The van der Waals surface area contributed by atoms with Gasteiger partial charge in [0.25, 0.3) is 0 Å². The van der Waals surface area contributed by atoms with Gasteiger partial charge in [0.2, 0.25) is 0 Å². The topological polar surface area (TPSA) is 62.5 Å². The Hall–Kier alpha value is -2.30. The van der Waals surface area contributed by atoms with Gasteiger partial charge in [-0.25, -0.2) is 4.99 Å². The van der Waals surface area contributed by atoms with Crippen molar-refractivity contribution in [1.29, 1.82) is 0 Å². The van der Waals surface area contributed by atoms with E-state index in [9.17, 15) is 0 Å². The fourth-order valence-electron chi connectivity index (χ4n) is 2.75. The van der Waals surface area contributed by atoms with Crippen LogP contribution in [0.5, 0.6) is 0 Å². The minimum atomic E-state index is 0.305. The molecular weight excluding hydrogens is 300 g/mol. The minimum absolute atomic E-state index is 0.305. The lowest BCUT2D eigenvalue weighted by Crippen LogP contribution is -2.39. The Morgan fingerprint density at radius 3 is 2.46 bits per heavy atom. The van der Waals surface area contributed by atoms with Gasteiger partial charge in [0.1, 0.15) is 5.76 Å². The number of guanidine groups is 1. The summed E-state index contributed by atoms with van der Waals surface area (Å²) in [6.45, 7) is 12.6. The van der Waals surface area contributed by atoms with Gasteiger partial charge in [-0.2, -0.15) is 0 Å². The van der Waals surface area contributed by atoms with Crippen LogP contribution in [0, 0.1) is 20.8 Å². The van der Waals surface area contributed by atoms with Gasteiger partial charge in [-0.3, -0.25) is 0 Å². The minimum Gasteiger partial charge on any atom is -0.361 e. The van der Waals surface area contributed by atoms with Crippen molar-refractivity contribution in [2.75, 3.05) is 13.1 Å². The second kappa shape index (κ2) is 8.52. The van der Waals surface area contributed by atoms with Crippen LogP contribution in [0.25, 0.3) is 0 Å². The monoisotopic (exact) mass is 328 g/mol. The number of aryl methyl sites for hydroxylation is 3. The summed E-state index contributed by atoms with van der Waals surface area (Å²) in [4.78, 5) is 4.67. The second-order valence-corrected chi connectivity index (χ2v) is 6.20. The van der Waals surface area contributed by atoms with Gasteiger partial charge in [0.15, 0.2) is 5.96 Å². The first-order valence-corrected chi connectivity index (χ1v) is 8.51. The standard InChI is InChI=1S/C19H28N4O/c1-6-20-19(22-12-17-9-7-13(2)8-10-17)21-11-14(3)18-15(4)23-24-16(18)5/h7-10,14H,6,11-12H2,1-5H3,(H2,20,21,22). The van der Waals surface area contributed by atoms with E-state index in [4.69, 9.17) is 4.52 Å². The van der Waals surface area contributed by atoms with Crippen LogP contribution < -0.4 is 10.6 Å². The van der Waals surface area contributed by atoms with E-state index >= 15 is 0 Å². The van der Waals surface area contributed by atoms with Crippen LogP contribution in [0.1, 0.15) is 47.9 Å². The van der Waals surface area contributed by atoms with Crippen molar-refractivity contribution in [2.45, 2.75) is 47.1 Å². The number of benzene rings is 1. The lowest BCUT2D eigenvalue weighted by atomic mass is 10.00. The van der Waals surface area contributed by atoms with Crippen molar-refractivity contribution in [1.82, 2.24) is 15.8 Å². The summed E-state index contributed by atoms with van der Waals surface area (Å²) in [5, 5.41) is 10.7. The van der Waals surface area contributed by atoms with Gasteiger partial charge in [-0.15, -0.1) is 0 Å². The molecule has 130 valence electrons. The molecule has 1 aromatic carbocycles. The summed E-state index contributed by atoms with van der Waals surface area (Å²) in [7, 11) is 0. The Labute approximate surface area is 144 Å². The van der Waals surface area contributed by atoms with E-state index in [2.05, 4.69) is 65.8 Å². The number of hydrogen-bond donors (Lipinski definition) is 2. The predicted octanol–water partition coefficient (Wildman–Crippen LogP) is 3.46. The number of aromatic nitrogens is 1. The first-order valence-electron chi connectivity index (χ1n) is 8.51. The highest BCUT2D eigenvalue weighted by Gasteiger charge is 2.16. The summed E-state index contributed by atoms with van der Waals surface area (Å²) in [5.74, 6) is 2.03. The molecule has 0 radical (unpaired) electrons. The number of nitrogens with zero attached hydrogens (tertiary/aromatic N) is 2. The summed E-state index contributed by atoms with van der Waals surface area (Å²) in [6, 6.07) is 8.47. The van der Waals surface area contributed by atoms with Crippen molar-refractivity contribution in [2.24, 2.45) is 4.99 Å². The quantitative estimate of drug-likeness (QED) is 0.630. The molecule has 24 heavy (non-hydrogen) atoms. The molecule has 0 bridgehead atoms. The van der Waals surface area contributed by atoms with Gasteiger partial charge in [-0.1, -0.05) is 41.9 Å². The molecule has 1 heterocycles. The molecule has 0 spiro atoms. The molecule has 0 aliphatic rings. The summed E-state index contributed by atoms with van der Waals surface area (Å²) < 4.78 is 5.26. The molecule has 2 aromatic rings. The zero-order chi connectivity index (χ0) is 17.5. The van der Waals surface area contributed by atoms with E-state index in [1.54, 1.807) is 0 Å². The van der Waals surface area contributed by atoms with Gasteiger partial charge in [-0.05, 0) is 33.3 Å². The highest BCUT2D eigenvalue weighted by atomic mass is 16.5. The third kappa shape index (κ3) is 4.85. The fraction of sp³-hybridized carbons (Fsp3) is 0.474. The van der Waals surface area contributed by atoms with E-state index in [1.165, 1.54) is 16.7 Å². The van der Waals surface area contributed by atoms with Crippen molar-refractivity contribution in [3.05, 3.63) is 52.4 Å². The van der Waals surface area contributed by atoms with Crippen LogP contribution in [0.2, 0.25) is 0 Å². The molecule has 2 rings (SSSR count). The third-order valence-electron chi connectivity index (χ3n) is 4.04. The second-order valence-electron chi connectivity index (χ2n) is 6.20. The normalized spacial score (nSPS) is 13.0. The molecule has 0 saturated carbocycles. The summed E-state index contributed by atoms with van der Waals surface area (Å²) in [6.07, 6.45) is 0. The largest absolute Gasteiger partial charge is 0.361 e. The maximum Gasteiger partial charge on any atom is 0.191 e. The predicted molar refractivity (Wildman–Crippen MR) is 98.4 cm³/mol. The number of aliphatic imine (C=N–C) groups is 1. The molecule has 0 amide bonds. The van der Waals surface area contributed by atoms with Crippen molar-refractivity contribution < 1.29 is 4.52 Å². The van der Waals surface area contributed by atoms with E-state index in [1.807, 2.05) is 13.8 Å². The van der Waals surface area contributed by atoms with Gasteiger partial charge >= 0.3 is 0 Å². The molecule has 1 unspecified atom stereocenters. The summed E-state index contributed by atoms with van der Waals surface area (Å²) >= 11 is 0. The molecule has 1 atom stereocenters. The molecule has 5 heteroatoms. The molecular formula is C19H28N4O. The van der Waals surface area contributed by atoms with Crippen LogP contribution in [0.4, 0.5) is 0 Å². The molecule has 2 N–H and O–H groups in total. The van der Waals surface area contributed by atoms with Gasteiger partial charge in [0.05, 0.1) is 12.2 Å². The molecule has 5 nitrogen and oxygen atoms in total. The molecule has 0 saturated heterocycles. The third-order valence-corrected chi connectivity index (χ3v) is 4.04. The van der Waals surface area contributed by atoms with Gasteiger partial charge < -0.3 is 15.2 Å². The smallest absolute Gasteiger partial charge is 0.191 e. The van der Waals surface area contributed by atoms with Crippen LogP contribution in [0.15, 0.2) is 33.8 Å².